The van der Waals surface area contributed by atoms with Crippen molar-refractivity contribution in [1.82, 2.24) is 5.32 Å². The molecular weight excluding hydrogens is 218 g/mol. The van der Waals surface area contributed by atoms with E-state index in [4.69, 9.17) is 11.6 Å². The Kier molecular flexibility index (Phi) is 3.88. The molecule has 1 aromatic carbocycles. The van der Waals surface area contributed by atoms with Crippen LogP contribution in [0.1, 0.15) is 38.2 Å². The van der Waals surface area contributed by atoms with Crippen LogP contribution in [0.2, 0.25) is 0 Å². The number of nitrogens with one attached hydrogen (secondary N) is 1. The van der Waals surface area contributed by atoms with E-state index in [2.05, 4.69) is 36.5 Å². The van der Waals surface area contributed by atoms with Gasteiger partial charge in [0.1, 0.15) is 0 Å². The van der Waals surface area contributed by atoms with Crippen LogP contribution in [0.25, 0.3) is 0 Å². The van der Waals surface area contributed by atoms with Crippen molar-refractivity contribution in [3.8, 4) is 0 Å². The van der Waals surface area contributed by atoms with Gasteiger partial charge in [-0.1, -0.05) is 43.2 Å². The number of hydrogen-bond acceptors (Lipinski definition) is 1. The quantitative estimate of drug-likeness (QED) is 0.788. The first kappa shape index (κ1) is 11.9. The average molecular weight is 238 g/mol. The summed E-state index contributed by atoms with van der Waals surface area (Å²) in [5.41, 5.74) is 1.20. The fourth-order valence-corrected chi connectivity index (χ4v) is 2.76. The van der Waals surface area contributed by atoms with Crippen LogP contribution in [0.4, 0.5) is 0 Å². The zero-order valence-electron chi connectivity index (χ0n) is 9.88. The van der Waals surface area contributed by atoms with Crippen molar-refractivity contribution in [3.63, 3.8) is 0 Å². The summed E-state index contributed by atoms with van der Waals surface area (Å²) in [5, 5.41) is 3.73. The molecule has 1 N–H and O–H groups in total. The van der Waals surface area contributed by atoms with E-state index in [0.717, 1.165) is 0 Å². The predicted octanol–water partition coefficient (Wildman–Crippen LogP) is 3.67. The summed E-state index contributed by atoms with van der Waals surface area (Å²) in [4.78, 5) is 0. The van der Waals surface area contributed by atoms with Crippen LogP contribution < -0.4 is 5.32 Å². The lowest BCUT2D eigenvalue weighted by Gasteiger charge is -2.32. The average Bonchev–Trinajstić information content (AvgIpc) is 2.83. The largest absolute Gasteiger partial charge is 0.304 e. The van der Waals surface area contributed by atoms with E-state index < -0.39 is 0 Å². The van der Waals surface area contributed by atoms with Gasteiger partial charge in [-0.25, -0.2) is 0 Å². The van der Waals surface area contributed by atoms with E-state index in [1.54, 1.807) is 0 Å². The summed E-state index contributed by atoms with van der Waals surface area (Å²) in [6.07, 6.45) is 5.29. The summed E-state index contributed by atoms with van der Waals surface area (Å²) in [7, 11) is 0. The normalized spacial score (nSPS) is 20.9. The van der Waals surface area contributed by atoms with E-state index in [1.165, 1.54) is 31.2 Å². The van der Waals surface area contributed by atoms with Gasteiger partial charge in [0.2, 0.25) is 0 Å². The minimum atomic E-state index is -0.0855. The maximum Gasteiger partial charge on any atom is 0.0545 e. The number of hydrogen-bond donors (Lipinski definition) is 1. The number of rotatable bonds is 4. The van der Waals surface area contributed by atoms with Gasteiger partial charge >= 0.3 is 0 Å². The van der Waals surface area contributed by atoms with E-state index in [9.17, 15) is 0 Å². The number of benzene rings is 1. The topological polar surface area (TPSA) is 12.0 Å². The lowest BCUT2D eigenvalue weighted by Crippen LogP contribution is -2.46. The van der Waals surface area contributed by atoms with Gasteiger partial charge in [0.25, 0.3) is 0 Å². The third-order valence-corrected chi connectivity index (χ3v) is 4.09. The first-order valence-electron chi connectivity index (χ1n) is 6.14. The van der Waals surface area contributed by atoms with Crippen molar-refractivity contribution in [3.05, 3.63) is 35.9 Å². The molecule has 0 bridgehead atoms. The van der Waals surface area contributed by atoms with Crippen LogP contribution in [0.5, 0.6) is 0 Å². The highest BCUT2D eigenvalue weighted by molar-refractivity contribution is 6.18. The van der Waals surface area contributed by atoms with Crippen LogP contribution in [-0.4, -0.2) is 11.9 Å². The molecule has 16 heavy (non-hydrogen) atoms. The summed E-state index contributed by atoms with van der Waals surface area (Å²) in [5.74, 6) is 0.619. The Bertz CT molecular complexity index is 319. The molecule has 1 unspecified atom stereocenters. The Morgan fingerprint density at radius 2 is 1.88 bits per heavy atom. The van der Waals surface area contributed by atoms with Gasteiger partial charge in [-0.2, -0.15) is 0 Å². The second-order valence-corrected chi connectivity index (χ2v) is 5.22. The molecule has 0 spiro atoms. The molecule has 0 heterocycles. The molecule has 1 aliphatic carbocycles. The second-order valence-electron chi connectivity index (χ2n) is 4.96. The minimum absolute atomic E-state index is 0.0855. The lowest BCUT2D eigenvalue weighted by atomic mass is 9.93. The molecule has 1 aliphatic rings. The fraction of sp³-hybridized carbons (Fsp3) is 0.571. The molecule has 2 heteroatoms. The predicted molar refractivity (Wildman–Crippen MR) is 69.9 cm³/mol. The van der Waals surface area contributed by atoms with Crippen LogP contribution in [0.15, 0.2) is 30.3 Å². The first-order chi connectivity index (χ1) is 7.74. The highest BCUT2D eigenvalue weighted by Crippen LogP contribution is 2.27. The van der Waals surface area contributed by atoms with Gasteiger partial charge in [0, 0.05) is 11.9 Å². The van der Waals surface area contributed by atoms with Crippen molar-refractivity contribution < 1.29 is 0 Å². The summed E-state index contributed by atoms with van der Waals surface area (Å²) >= 11 is 6.16. The maximum atomic E-state index is 6.16. The highest BCUT2D eigenvalue weighted by Gasteiger charge is 2.29. The van der Waals surface area contributed by atoms with Crippen molar-refractivity contribution >= 4 is 11.6 Å². The summed E-state index contributed by atoms with van der Waals surface area (Å²) < 4.78 is 0. The summed E-state index contributed by atoms with van der Waals surface area (Å²) in [6.45, 7) is 2.20. The van der Waals surface area contributed by atoms with Crippen molar-refractivity contribution in [2.45, 2.75) is 44.2 Å². The Hall–Kier alpha value is -0.530. The molecule has 1 saturated carbocycles. The van der Waals surface area contributed by atoms with Crippen LogP contribution in [0.3, 0.4) is 0 Å². The number of alkyl halides is 1. The Morgan fingerprint density at radius 1 is 1.25 bits per heavy atom. The van der Waals surface area contributed by atoms with E-state index in [-0.39, 0.29) is 5.54 Å². The molecule has 1 aromatic rings. The second kappa shape index (κ2) is 5.20. The van der Waals surface area contributed by atoms with Crippen molar-refractivity contribution in [1.29, 1.82) is 0 Å². The molecule has 88 valence electrons. The molecule has 0 radical (unpaired) electrons. The smallest absolute Gasteiger partial charge is 0.0545 e. The molecule has 1 nitrogen and oxygen atoms in total. The van der Waals surface area contributed by atoms with Gasteiger partial charge in [0.15, 0.2) is 0 Å². The van der Waals surface area contributed by atoms with Gasteiger partial charge < -0.3 is 5.32 Å². The molecule has 2 rings (SSSR count). The summed E-state index contributed by atoms with van der Waals surface area (Å²) in [6, 6.07) is 11.2. The van der Waals surface area contributed by atoms with E-state index in [1.807, 2.05) is 6.07 Å². The molecule has 1 fully saturated rings. The maximum absolute atomic E-state index is 6.16. The van der Waals surface area contributed by atoms with Crippen LogP contribution >= 0.6 is 11.6 Å². The molecule has 0 aliphatic heterocycles. The van der Waals surface area contributed by atoms with E-state index in [0.29, 0.717) is 11.9 Å². The SMILES string of the molecule is CC(CCl)(NC1CCCC1)c1ccccc1. The zero-order valence-corrected chi connectivity index (χ0v) is 10.6. The van der Waals surface area contributed by atoms with Crippen molar-refractivity contribution in [2.75, 3.05) is 5.88 Å². The van der Waals surface area contributed by atoms with Crippen LogP contribution in [0, 0.1) is 0 Å². The zero-order chi connectivity index (χ0) is 11.4. The Balaban J connectivity index is 2.12. The fourth-order valence-electron chi connectivity index (χ4n) is 2.53. The first-order valence-corrected chi connectivity index (χ1v) is 6.67. The standard InChI is InChI=1S/C14H20ClN/c1-14(11-15,12-7-3-2-4-8-12)16-13-9-5-6-10-13/h2-4,7-8,13,16H,5-6,9-11H2,1H3. The van der Waals surface area contributed by atoms with Gasteiger partial charge in [-0.05, 0) is 25.3 Å². The molecular formula is C14H20ClN. The molecule has 0 saturated heterocycles. The van der Waals surface area contributed by atoms with Gasteiger partial charge in [0.05, 0.1) is 5.54 Å². The molecule has 0 amide bonds. The van der Waals surface area contributed by atoms with E-state index >= 15 is 0 Å². The number of halogens is 1. The highest BCUT2D eigenvalue weighted by atomic mass is 35.5. The third-order valence-electron chi connectivity index (χ3n) is 3.56. The van der Waals surface area contributed by atoms with Gasteiger partial charge in [-0.3, -0.25) is 0 Å². The van der Waals surface area contributed by atoms with Crippen LogP contribution in [-0.2, 0) is 5.54 Å². The monoisotopic (exact) mass is 237 g/mol. The molecule has 0 aromatic heterocycles. The Labute approximate surface area is 103 Å². The van der Waals surface area contributed by atoms with Gasteiger partial charge in [-0.15, -0.1) is 11.6 Å². The molecule has 1 atom stereocenters. The minimum Gasteiger partial charge on any atom is -0.304 e. The lowest BCUT2D eigenvalue weighted by molar-refractivity contribution is 0.347. The third kappa shape index (κ3) is 2.58. The van der Waals surface area contributed by atoms with Crippen molar-refractivity contribution in [2.24, 2.45) is 0 Å². The Morgan fingerprint density at radius 3 is 2.44 bits per heavy atom.